The molecule has 0 aliphatic heterocycles. The van der Waals surface area contributed by atoms with Crippen LogP contribution >= 0.6 is 45.3 Å². The van der Waals surface area contributed by atoms with Crippen LogP contribution in [0.1, 0.15) is 153 Å². The summed E-state index contributed by atoms with van der Waals surface area (Å²) in [5, 5.41) is 0. The van der Waals surface area contributed by atoms with Gasteiger partial charge in [0, 0.05) is 38.7 Å². The zero-order chi connectivity index (χ0) is 37.2. The van der Waals surface area contributed by atoms with E-state index in [1.165, 1.54) is 191 Å². The first kappa shape index (κ1) is 41.1. The third-order valence-corrected chi connectivity index (χ3v) is 16.1. The molecule has 0 saturated carbocycles. The fourth-order valence-corrected chi connectivity index (χ4v) is 12.8. The van der Waals surface area contributed by atoms with Crippen LogP contribution in [0.2, 0.25) is 0 Å². The molecule has 0 nitrogen and oxygen atoms in total. The topological polar surface area (TPSA) is 0 Å². The van der Waals surface area contributed by atoms with Crippen molar-refractivity contribution in [1.82, 2.24) is 0 Å². The van der Waals surface area contributed by atoms with E-state index in [9.17, 15) is 0 Å². The lowest BCUT2D eigenvalue weighted by Gasteiger charge is -2.05. The number of benzene rings is 2. The molecule has 0 aliphatic rings. The Hall–Kier alpha value is -2.50. The lowest BCUT2D eigenvalue weighted by Crippen LogP contribution is -1.87. The van der Waals surface area contributed by atoms with Crippen molar-refractivity contribution in [3.05, 3.63) is 96.1 Å². The van der Waals surface area contributed by atoms with E-state index in [1.54, 1.807) is 11.1 Å². The number of hydrogen-bond acceptors (Lipinski definition) is 4. The van der Waals surface area contributed by atoms with Crippen LogP contribution in [0.3, 0.4) is 0 Å². The predicted octanol–water partition coefficient (Wildman–Crippen LogP) is 18.7. The maximum atomic E-state index is 2.53. The Morgan fingerprint density at radius 2 is 0.648 bits per heavy atom. The minimum Gasteiger partial charge on any atom is -0.134 e. The predicted molar refractivity (Wildman–Crippen MR) is 248 cm³/mol. The van der Waals surface area contributed by atoms with Crippen molar-refractivity contribution in [2.24, 2.45) is 0 Å². The van der Waals surface area contributed by atoms with Gasteiger partial charge in [0.1, 0.15) is 0 Å². The summed E-state index contributed by atoms with van der Waals surface area (Å²) in [6.07, 6.45) is 30.1. The summed E-state index contributed by atoms with van der Waals surface area (Å²) in [7, 11) is 0. The van der Waals surface area contributed by atoms with Crippen molar-refractivity contribution in [1.29, 1.82) is 0 Å². The van der Waals surface area contributed by atoms with Crippen molar-refractivity contribution in [3.8, 4) is 40.4 Å². The minimum absolute atomic E-state index is 1.19. The summed E-state index contributed by atoms with van der Waals surface area (Å²) in [6.45, 7) is 4.61. The van der Waals surface area contributed by atoms with E-state index in [1.807, 2.05) is 45.3 Å². The molecule has 4 heteroatoms. The van der Waals surface area contributed by atoms with Gasteiger partial charge in [0.25, 0.3) is 0 Å². The molecule has 0 spiro atoms. The molecular formula is C50H64S4. The van der Waals surface area contributed by atoms with Crippen LogP contribution in [0.5, 0.6) is 0 Å². The molecule has 0 fully saturated rings. The number of fused-ring (bicyclic) bond motifs is 1. The van der Waals surface area contributed by atoms with Gasteiger partial charge in [-0.25, -0.2) is 0 Å². The van der Waals surface area contributed by atoms with Gasteiger partial charge in [-0.15, -0.1) is 45.3 Å². The first-order chi connectivity index (χ1) is 26.7. The summed E-state index contributed by atoms with van der Waals surface area (Å²) in [4.78, 5) is 8.68. The Bertz CT molecular complexity index is 1730. The molecule has 0 amide bonds. The van der Waals surface area contributed by atoms with E-state index in [4.69, 9.17) is 0 Å². The van der Waals surface area contributed by atoms with Crippen molar-refractivity contribution in [2.45, 2.75) is 155 Å². The maximum Gasteiger partial charge on any atom is 0.0464 e. The van der Waals surface area contributed by atoms with Gasteiger partial charge in [-0.1, -0.05) is 190 Å². The first-order valence-electron chi connectivity index (χ1n) is 21.6. The molecule has 4 heterocycles. The van der Waals surface area contributed by atoms with Crippen LogP contribution in [0, 0.1) is 0 Å². The molecule has 2 aromatic carbocycles. The van der Waals surface area contributed by atoms with Crippen LogP contribution in [-0.4, -0.2) is 0 Å². The Morgan fingerprint density at radius 1 is 0.333 bits per heavy atom. The molecule has 288 valence electrons. The molecule has 0 saturated heterocycles. The van der Waals surface area contributed by atoms with Gasteiger partial charge in [-0.3, -0.25) is 0 Å². The summed E-state index contributed by atoms with van der Waals surface area (Å²) >= 11 is 7.98. The largest absolute Gasteiger partial charge is 0.134 e. The highest BCUT2D eigenvalue weighted by molar-refractivity contribution is 7.33. The standard InChI is InChI=1S/C50H64S4/c1-3-5-7-9-11-13-15-17-19-23-33-41-35-43(53-49(41)39-29-25-21-26-30-39)45-37-47-48(51-45)38-46(52-47)44-36-42(50(54-44)40-31-27-22-28-32-40)34-24-20-18-16-14-12-10-8-6-4-2/h21-22,25-32,35-38H,3-20,23-24,33-34H2,1-2H3. The fraction of sp³-hybridized carbons (Fsp3) is 0.480. The zero-order valence-corrected chi connectivity index (χ0v) is 36.5. The number of aryl methyl sites for hydroxylation is 2. The van der Waals surface area contributed by atoms with Gasteiger partial charge in [-0.2, -0.15) is 0 Å². The van der Waals surface area contributed by atoms with Crippen molar-refractivity contribution >= 4 is 54.7 Å². The van der Waals surface area contributed by atoms with Crippen molar-refractivity contribution < 1.29 is 0 Å². The Kier molecular flexibility index (Phi) is 17.5. The van der Waals surface area contributed by atoms with Gasteiger partial charge < -0.3 is 0 Å². The molecule has 4 aromatic heterocycles. The van der Waals surface area contributed by atoms with Gasteiger partial charge in [0.15, 0.2) is 0 Å². The quantitative estimate of drug-likeness (QED) is 0.0480. The average Bonchev–Trinajstić information content (AvgIpc) is 4.00. The molecule has 54 heavy (non-hydrogen) atoms. The zero-order valence-electron chi connectivity index (χ0n) is 33.3. The van der Waals surface area contributed by atoms with Crippen LogP contribution in [0.4, 0.5) is 0 Å². The van der Waals surface area contributed by atoms with Gasteiger partial charge in [0.05, 0.1) is 0 Å². The molecule has 0 aliphatic carbocycles. The van der Waals surface area contributed by atoms with E-state index in [0.717, 1.165) is 0 Å². The number of hydrogen-bond donors (Lipinski definition) is 0. The smallest absolute Gasteiger partial charge is 0.0464 e. The monoisotopic (exact) mass is 792 g/mol. The number of rotatable bonds is 26. The third kappa shape index (κ3) is 12.2. The van der Waals surface area contributed by atoms with E-state index >= 15 is 0 Å². The average molecular weight is 793 g/mol. The van der Waals surface area contributed by atoms with Crippen LogP contribution in [-0.2, 0) is 12.8 Å². The van der Waals surface area contributed by atoms with Crippen LogP contribution in [0.15, 0.2) is 84.9 Å². The van der Waals surface area contributed by atoms with E-state index in [2.05, 4.69) is 98.8 Å². The summed E-state index contributed by atoms with van der Waals surface area (Å²) in [5.74, 6) is 0. The Labute approximate surface area is 344 Å². The summed E-state index contributed by atoms with van der Waals surface area (Å²) < 4.78 is 2.86. The molecule has 6 aromatic rings. The number of unbranched alkanes of at least 4 members (excludes halogenated alkanes) is 18. The van der Waals surface area contributed by atoms with Crippen molar-refractivity contribution in [2.75, 3.05) is 0 Å². The lowest BCUT2D eigenvalue weighted by molar-refractivity contribution is 0.556. The molecule has 6 rings (SSSR count). The highest BCUT2D eigenvalue weighted by Gasteiger charge is 2.18. The highest BCUT2D eigenvalue weighted by Crippen LogP contribution is 2.48. The van der Waals surface area contributed by atoms with Crippen molar-refractivity contribution in [3.63, 3.8) is 0 Å². The lowest BCUT2D eigenvalue weighted by atomic mass is 10.0. The van der Waals surface area contributed by atoms with E-state index in [-0.39, 0.29) is 0 Å². The summed E-state index contributed by atoms with van der Waals surface area (Å²) in [5.41, 5.74) is 5.83. The van der Waals surface area contributed by atoms with Gasteiger partial charge in [0.2, 0.25) is 0 Å². The molecule has 0 radical (unpaired) electrons. The summed E-state index contributed by atoms with van der Waals surface area (Å²) in [6, 6.07) is 32.3. The number of thiophene rings is 4. The molecule has 0 N–H and O–H groups in total. The maximum absolute atomic E-state index is 2.53. The van der Waals surface area contributed by atoms with Gasteiger partial charge in [-0.05, 0) is 72.2 Å². The minimum atomic E-state index is 1.19. The Balaban J connectivity index is 1.09. The SMILES string of the molecule is CCCCCCCCCCCCc1cc(-c2cc3sc(-c4cc(CCCCCCCCCCCC)c(-c5ccccc5)s4)cc3s2)sc1-c1ccccc1. The molecule has 0 bridgehead atoms. The highest BCUT2D eigenvalue weighted by atomic mass is 32.1. The second kappa shape index (κ2) is 22.9. The second-order valence-corrected chi connectivity index (χ2v) is 19.7. The van der Waals surface area contributed by atoms with Gasteiger partial charge >= 0.3 is 0 Å². The normalized spacial score (nSPS) is 11.7. The fourth-order valence-electron chi connectivity index (χ4n) is 7.82. The van der Waals surface area contributed by atoms with E-state index < -0.39 is 0 Å². The molecule has 0 unspecified atom stereocenters. The Morgan fingerprint density at radius 3 is 1.00 bits per heavy atom. The third-order valence-electron chi connectivity index (χ3n) is 11.0. The van der Waals surface area contributed by atoms with Crippen LogP contribution < -0.4 is 0 Å². The van der Waals surface area contributed by atoms with Crippen LogP contribution in [0.25, 0.3) is 49.8 Å². The first-order valence-corrected chi connectivity index (χ1v) is 24.9. The second-order valence-electron chi connectivity index (χ2n) is 15.5. The molecular weight excluding hydrogens is 729 g/mol. The van der Waals surface area contributed by atoms with E-state index in [0.29, 0.717) is 0 Å². The molecule has 0 atom stereocenters.